The zero-order valence-electron chi connectivity index (χ0n) is 15.0. The summed E-state index contributed by atoms with van der Waals surface area (Å²) in [5, 5.41) is 13.6. The predicted molar refractivity (Wildman–Crippen MR) is 102 cm³/mol. The van der Waals surface area contributed by atoms with E-state index in [4.69, 9.17) is 4.42 Å². The molecule has 0 bridgehead atoms. The highest BCUT2D eigenvalue weighted by Crippen LogP contribution is 2.22. The Bertz CT molecular complexity index is 1180. The Morgan fingerprint density at radius 3 is 2.66 bits per heavy atom. The van der Waals surface area contributed by atoms with E-state index in [0.29, 0.717) is 12.1 Å². The molecule has 29 heavy (non-hydrogen) atoms. The minimum atomic E-state index is -0.716. The molecule has 0 saturated heterocycles. The molecule has 1 amide bonds. The van der Waals surface area contributed by atoms with Gasteiger partial charge in [0.25, 0.3) is 5.91 Å². The van der Waals surface area contributed by atoms with E-state index in [1.54, 1.807) is 18.5 Å². The summed E-state index contributed by atoms with van der Waals surface area (Å²) in [5.41, 5.74) is 2.35. The molecule has 0 aliphatic rings. The third-order valence-corrected chi connectivity index (χ3v) is 4.48. The zero-order chi connectivity index (χ0) is 20.4. The first-order valence-corrected chi connectivity index (χ1v) is 8.71. The lowest BCUT2D eigenvalue weighted by Crippen LogP contribution is -2.31. The van der Waals surface area contributed by atoms with E-state index in [1.807, 2.05) is 28.8 Å². The second-order valence-corrected chi connectivity index (χ2v) is 6.36. The molecule has 2 aromatic carbocycles. The number of furan rings is 1. The molecule has 0 radical (unpaired) electrons. The molecule has 4 rings (SSSR count). The Kier molecular flexibility index (Phi) is 4.78. The number of nitrogens with one attached hydrogen (secondary N) is 1. The van der Waals surface area contributed by atoms with Crippen LogP contribution in [0.15, 0.2) is 71.4 Å². The highest BCUT2D eigenvalue weighted by atomic mass is 19.1. The molecule has 2 aromatic heterocycles. The number of hydrogen-bond donors (Lipinski definition) is 1. The SMILES string of the molecule is O=C(NC(Cn1cnc2ccccc21)c1ccc(F)cc1)c1ccc([N+](=O)[O-])o1. The summed E-state index contributed by atoms with van der Waals surface area (Å²) in [4.78, 5) is 27.0. The number of imidazole rings is 1. The van der Waals surface area contributed by atoms with E-state index in [1.165, 1.54) is 18.2 Å². The summed E-state index contributed by atoms with van der Waals surface area (Å²) in [6.45, 7) is 0.320. The van der Waals surface area contributed by atoms with Crippen LogP contribution in [-0.4, -0.2) is 20.4 Å². The van der Waals surface area contributed by atoms with E-state index < -0.39 is 28.6 Å². The fourth-order valence-corrected chi connectivity index (χ4v) is 3.06. The molecule has 146 valence electrons. The third kappa shape index (κ3) is 3.84. The van der Waals surface area contributed by atoms with Crippen molar-refractivity contribution >= 4 is 22.8 Å². The highest BCUT2D eigenvalue weighted by Gasteiger charge is 2.22. The minimum Gasteiger partial charge on any atom is -0.395 e. The van der Waals surface area contributed by atoms with E-state index in [9.17, 15) is 19.3 Å². The lowest BCUT2D eigenvalue weighted by molar-refractivity contribution is -0.402. The summed E-state index contributed by atoms with van der Waals surface area (Å²) in [5.74, 6) is -1.71. The minimum absolute atomic E-state index is 0.181. The van der Waals surface area contributed by atoms with Crippen LogP contribution in [0.5, 0.6) is 0 Å². The number of halogens is 1. The smallest absolute Gasteiger partial charge is 0.395 e. The van der Waals surface area contributed by atoms with E-state index in [2.05, 4.69) is 10.3 Å². The fourth-order valence-electron chi connectivity index (χ4n) is 3.06. The number of rotatable bonds is 6. The Labute approximate surface area is 163 Å². The quantitative estimate of drug-likeness (QED) is 0.395. The average Bonchev–Trinajstić information content (AvgIpc) is 3.36. The standard InChI is InChI=1S/C20H15FN4O4/c21-14-7-5-13(6-8-14)16(11-24-12-22-15-3-1-2-4-17(15)24)23-20(26)18-9-10-19(29-18)25(27)28/h1-10,12,16H,11H2,(H,23,26). The molecule has 1 N–H and O–H groups in total. The maximum absolute atomic E-state index is 13.4. The van der Waals surface area contributed by atoms with Gasteiger partial charge in [0, 0.05) is 6.54 Å². The van der Waals surface area contributed by atoms with Crippen LogP contribution in [0, 0.1) is 15.9 Å². The van der Waals surface area contributed by atoms with Crippen molar-refractivity contribution in [2.75, 3.05) is 0 Å². The van der Waals surface area contributed by atoms with Gasteiger partial charge in [-0.15, -0.1) is 0 Å². The molecule has 1 unspecified atom stereocenters. The molecular formula is C20H15FN4O4. The number of carbonyl (C=O) groups is 1. The second-order valence-electron chi connectivity index (χ2n) is 6.36. The van der Waals surface area contributed by atoms with Crippen molar-refractivity contribution in [3.05, 3.63) is 94.2 Å². The normalized spacial score (nSPS) is 12.0. The lowest BCUT2D eigenvalue weighted by atomic mass is 10.1. The molecule has 1 atom stereocenters. The van der Waals surface area contributed by atoms with Gasteiger partial charge in [0.1, 0.15) is 10.7 Å². The Morgan fingerprint density at radius 2 is 1.93 bits per heavy atom. The molecule has 0 aliphatic heterocycles. The van der Waals surface area contributed by atoms with E-state index >= 15 is 0 Å². The van der Waals surface area contributed by atoms with Crippen LogP contribution in [0.2, 0.25) is 0 Å². The molecule has 2 heterocycles. The molecule has 4 aromatic rings. The number of nitrogens with zero attached hydrogens (tertiary/aromatic N) is 3. The monoisotopic (exact) mass is 394 g/mol. The summed E-state index contributed by atoms with van der Waals surface area (Å²) < 4.78 is 20.2. The third-order valence-electron chi connectivity index (χ3n) is 4.48. The predicted octanol–water partition coefficient (Wildman–Crippen LogP) is 3.85. The topological polar surface area (TPSA) is 103 Å². The van der Waals surface area contributed by atoms with Crippen LogP contribution in [0.4, 0.5) is 10.3 Å². The van der Waals surface area contributed by atoms with E-state index in [-0.39, 0.29) is 5.76 Å². The maximum atomic E-state index is 13.4. The Morgan fingerprint density at radius 1 is 1.17 bits per heavy atom. The summed E-state index contributed by atoms with van der Waals surface area (Å²) in [7, 11) is 0. The van der Waals surface area contributed by atoms with Gasteiger partial charge in [0.15, 0.2) is 5.76 Å². The van der Waals surface area contributed by atoms with Crippen LogP contribution in [0.25, 0.3) is 11.0 Å². The van der Waals surface area contributed by atoms with Crippen LogP contribution < -0.4 is 5.32 Å². The summed E-state index contributed by atoms with van der Waals surface area (Å²) in [6, 6.07) is 15.1. The van der Waals surface area contributed by atoms with Crippen molar-refractivity contribution in [1.29, 1.82) is 0 Å². The highest BCUT2D eigenvalue weighted by molar-refractivity contribution is 5.92. The van der Waals surface area contributed by atoms with Crippen molar-refractivity contribution in [3.63, 3.8) is 0 Å². The van der Waals surface area contributed by atoms with Crippen LogP contribution >= 0.6 is 0 Å². The van der Waals surface area contributed by atoms with Gasteiger partial charge in [0.2, 0.25) is 0 Å². The fraction of sp³-hybridized carbons (Fsp3) is 0.100. The van der Waals surface area contributed by atoms with Crippen LogP contribution in [0.1, 0.15) is 22.2 Å². The number of fused-ring (bicyclic) bond motifs is 1. The van der Waals surface area contributed by atoms with Crippen molar-refractivity contribution in [2.24, 2.45) is 0 Å². The van der Waals surface area contributed by atoms with Crippen LogP contribution in [-0.2, 0) is 6.54 Å². The zero-order valence-corrected chi connectivity index (χ0v) is 15.0. The lowest BCUT2D eigenvalue weighted by Gasteiger charge is -2.20. The van der Waals surface area contributed by atoms with Crippen molar-refractivity contribution < 1.29 is 18.5 Å². The first-order chi connectivity index (χ1) is 14.0. The Hall–Kier alpha value is -4.01. The Balaban J connectivity index is 1.63. The van der Waals surface area contributed by atoms with E-state index in [0.717, 1.165) is 17.1 Å². The molecule has 0 aliphatic carbocycles. The number of amides is 1. The van der Waals surface area contributed by atoms with Crippen molar-refractivity contribution in [1.82, 2.24) is 14.9 Å². The van der Waals surface area contributed by atoms with Gasteiger partial charge >= 0.3 is 5.88 Å². The summed E-state index contributed by atoms with van der Waals surface area (Å²) in [6.07, 6.45) is 1.66. The number of carbonyl (C=O) groups excluding carboxylic acids is 1. The molecule has 0 saturated carbocycles. The average molecular weight is 394 g/mol. The van der Waals surface area contributed by atoms with Crippen molar-refractivity contribution in [3.8, 4) is 0 Å². The number of benzene rings is 2. The first kappa shape index (κ1) is 18.4. The number of hydrogen-bond acceptors (Lipinski definition) is 5. The van der Waals surface area contributed by atoms with Gasteiger partial charge in [0.05, 0.1) is 29.5 Å². The molecule has 0 spiro atoms. The largest absolute Gasteiger partial charge is 0.433 e. The van der Waals surface area contributed by atoms with Gasteiger partial charge in [-0.05, 0) is 35.9 Å². The maximum Gasteiger partial charge on any atom is 0.433 e. The van der Waals surface area contributed by atoms with Crippen molar-refractivity contribution in [2.45, 2.75) is 12.6 Å². The molecular weight excluding hydrogens is 379 g/mol. The second kappa shape index (κ2) is 7.55. The van der Waals surface area contributed by atoms with Gasteiger partial charge in [-0.3, -0.25) is 14.9 Å². The number of para-hydroxylation sites is 2. The van der Waals surface area contributed by atoms with Gasteiger partial charge in [-0.1, -0.05) is 24.3 Å². The summed E-state index contributed by atoms with van der Waals surface area (Å²) >= 11 is 0. The van der Waals surface area contributed by atoms with Gasteiger partial charge in [-0.2, -0.15) is 0 Å². The first-order valence-electron chi connectivity index (χ1n) is 8.71. The molecule has 9 heteroatoms. The number of aromatic nitrogens is 2. The molecule has 8 nitrogen and oxygen atoms in total. The number of nitro groups is 1. The molecule has 0 fully saturated rings. The van der Waals surface area contributed by atoms with Gasteiger partial charge < -0.3 is 14.3 Å². The van der Waals surface area contributed by atoms with Crippen LogP contribution in [0.3, 0.4) is 0 Å². The van der Waals surface area contributed by atoms with Gasteiger partial charge in [-0.25, -0.2) is 9.37 Å².